The molecule has 1 unspecified atom stereocenters. The Hall–Kier alpha value is -1.98. The van der Waals surface area contributed by atoms with Crippen LogP contribution in [0.4, 0.5) is 5.69 Å². The molecule has 0 aromatic heterocycles. The number of nitrogens with one attached hydrogen (secondary N) is 1. The summed E-state index contributed by atoms with van der Waals surface area (Å²) in [5.74, 6) is 0. The molecule has 2 aromatic rings. The summed E-state index contributed by atoms with van der Waals surface area (Å²) in [6.45, 7) is 0. The molecule has 18 heavy (non-hydrogen) atoms. The van der Waals surface area contributed by atoms with Crippen molar-refractivity contribution in [3.63, 3.8) is 0 Å². The number of halogens is 1. The number of nitriles is 1. The monoisotopic (exact) mass is 254 g/mol. The quantitative estimate of drug-likeness (QED) is 0.837. The van der Waals surface area contributed by atoms with Gasteiger partial charge in [0.15, 0.2) is 0 Å². The first kappa shape index (κ1) is 11.1. The Morgan fingerprint density at radius 1 is 1.22 bits per heavy atom. The predicted molar refractivity (Wildman–Crippen MR) is 72.7 cm³/mol. The third-order valence-corrected chi connectivity index (χ3v) is 3.48. The number of hydrogen-bond acceptors (Lipinski definition) is 2. The van der Waals surface area contributed by atoms with Crippen LogP contribution in [-0.4, -0.2) is 0 Å². The molecule has 2 nitrogen and oxygen atoms in total. The van der Waals surface area contributed by atoms with Crippen molar-refractivity contribution >= 4 is 17.3 Å². The predicted octanol–water partition coefficient (Wildman–Crippen LogP) is 3.92. The van der Waals surface area contributed by atoms with Gasteiger partial charge >= 0.3 is 0 Å². The minimum atomic E-state index is 0.243. The lowest BCUT2D eigenvalue weighted by Crippen LogP contribution is -2.05. The molecule has 3 rings (SSSR count). The molecule has 0 radical (unpaired) electrons. The normalized spacial score (nSPS) is 16.8. The fourth-order valence-corrected chi connectivity index (χ4v) is 2.54. The molecule has 1 N–H and O–H groups in total. The third-order valence-electron chi connectivity index (χ3n) is 3.24. The lowest BCUT2D eigenvalue weighted by atomic mass is 10.0. The van der Waals surface area contributed by atoms with Crippen molar-refractivity contribution in [1.82, 2.24) is 0 Å². The first-order valence-corrected chi connectivity index (χ1v) is 6.19. The van der Waals surface area contributed by atoms with E-state index < -0.39 is 0 Å². The van der Waals surface area contributed by atoms with Crippen LogP contribution in [-0.2, 0) is 6.42 Å². The summed E-state index contributed by atoms with van der Waals surface area (Å²) < 4.78 is 0. The largest absolute Gasteiger partial charge is 0.378 e. The molecule has 0 aliphatic carbocycles. The molecule has 0 saturated heterocycles. The van der Waals surface area contributed by atoms with Crippen molar-refractivity contribution in [3.8, 4) is 6.07 Å². The van der Waals surface area contributed by atoms with Gasteiger partial charge in [0.05, 0.1) is 17.7 Å². The van der Waals surface area contributed by atoms with Gasteiger partial charge in [0.2, 0.25) is 0 Å². The van der Waals surface area contributed by atoms with E-state index in [2.05, 4.69) is 17.5 Å². The van der Waals surface area contributed by atoms with E-state index in [1.807, 2.05) is 36.4 Å². The molecule has 0 fully saturated rings. The topological polar surface area (TPSA) is 35.8 Å². The van der Waals surface area contributed by atoms with Crippen LogP contribution in [0.3, 0.4) is 0 Å². The maximum Gasteiger partial charge on any atom is 0.0992 e. The van der Waals surface area contributed by atoms with Crippen LogP contribution in [0.1, 0.15) is 22.7 Å². The van der Waals surface area contributed by atoms with E-state index in [9.17, 15) is 0 Å². The first-order chi connectivity index (χ1) is 8.76. The van der Waals surface area contributed by atoms with Crippen LogP contribution < -0.4 is 5.32 Å². The minimum Gasteiger partial charge on any atom is -0.378 e. The lowest BCUT2D eigenvalue weighted by Gasteiger charge is -2.11. The van der Waals surface area contributed by atoms with Gasteiger partial charge in [-0.25, -0.2) is 0 Å². The van der Waals surface area contributed by atoms with Gasteiger partial charge in [0.25, 0.3) is 0 Å². The van der Waals surface area contributed by atoms with E-state index in [1.54, 1.807) is 0 Å². The van der Waals surface area contributed by atoms with Crippen molar-refractivity contribution in [2.45, 2.75) is 12.5 Å². The zero-order valence-electron chi connectivity index (χ0n) is 9.65. The first-order valence-electron chi connectivity index (χ1n) is 5.81. The number of anilines is 1. The van der Waals surface area contributed by atoms with Gasteiger partial charge in [-0.3, -0.25) is 0 Å². The van der Waals surface area contributed by atoms with Crippen LogP contribution in [0.25, 0.3) is 0 Å². The maximum absolute atomic E-state index is 8.89. The van der Waals surface area contributed by atoms with Crippen LogP contribution in [0, 0.1) is 11.3 Å². The van der Waals surface area contributed by atoms with E-state index in [0.717, 1.165) is 17.1 Å². The Kier molecular flexibility index (Phi) is 2.70. The van der Waals surface area contributed by atoms with Crippen LogP contribution in [0.2, 0.25) is 5.02 Å². The summed E-state index contributed by atoms with van der Waals surface area (Å²) >= 11 is 6.01. The molecule has 1 atom stereocenters. The number of rotatable bonds is 1. The third kappa shape index (κ3) is 1.94. The van der Waals surface area contributed by atoms with Crippen molar-refractivity contribution in [2.75, 3.05) is 5.32 Å². The van der Waals surface area contributed by atoms with Gasteiger partial charge in [0.1, 0.15) is 0 Å². The Morgan fingerprint density at radius 2 is 2.11 bits per heavy atom. The van der Waals surface area contributed by atoms with Crippen LogP contribution in [0.15, 0.2) is 42.5 Å². The molecule has 2 aromatic carbocycles. The Labute approximate surface area is 111 Å². The average Bonchev–Trinajstić information content (AvgIpc) is 2.81. The maximum atomic E-state index is 8.89. The zero-order valence-corrected chi connectivity index (χ0v) is 10.4. The molecule has 1 aliphatic heterocycles. The molecular weight excluding hydrogens is 244 g/mol. The Balaban J connectivity index is 1.91. The Morgan fingerprint density at radius 3 is 2.89 bits per heavy atom. The number of fused-ring (bicyclic) bond motifs is 1. The average molecular weight is 255 g/mol. The number of nitrogens with zero attached hydrogens (tertiary/aromatic N) is 1. The highest BCUT2D eigenvalue weighted by Crippen LogP contribution is 2.35. The van der Waals surface area contributed by atoms with E-state index >= 15 is 0 Å². The summed E-state index contributed by atoms with van der Waals surface area (Å²) in [4.78, 5) is 0. The summed E-state index contributed by atoms with van der Waals surface area (Å²) in [7, 11) is 0. The van der Waals surface area contributed by atoms with Crippen LogP contribution in [0.5, 0.6) is 0 Å². The van der Waals surface area contributed by atoms with Crippen molar-refractivity contribution < 1.29 is 0 Å². The molecule has 88 valence electrons. The standard InChI is InChI=1S/C15H11ClN2/c16-13-3-1-2-11(7-13)15-8-12-5-4-10(9-17)6-14(12)18-15/h1-7,15,18H,8H2. The van der Waals surface area contributed by atoms with E-state index in [1.165, 1.54) is 11.1 Å². The number of benzene rings is 2. The van der Waals surface area contributed by atoms with Gasteiger partial charge in [0, 0.05) is 10.7 Å². The second-order valence-electron chi connectivity index (χ2n) is 4.44. The SMILES string of the molecule is N#Cc1ccc2c(c1)NC(c1cccc(Cl)c1)C2. The Bertz CT molecular complexity index is 643. The van der Waals surface area contributed by atoms with Gasteiger partial charge < -0.3 is 5.32 Å². The lowest BCUT2D eigenvalue weighted by molar-refractivity contribution is 0.824. The van der Waals surface area contributed by atoms with Crippen molar-refractivity contribution in [3.05, 3.63) is 64.2 Å². The second-order valence-corrected chi connectivity index (χ2v) is 4.88. The van der Waals surface area contributed by atoms with E-state index in [0.29, 0.717) is 5.56 Å². The fraction of sp³-hybridized carbons (Fsp3) is 0.133. The fourth-order valence-electron chi connectivity index (χ4n) is 2.34. The minimum absolute atomic E-state index is 0.243. The molecule has 0 saturated carbocycles. The van der Waals surface area contributed by atoms with Gasteiger partial charge in [-0.15, -0.1) is 0 Å². The summed E-state index contributed by atoms with van der Waals surface area (Å²) in [5, 5.41) is 13.1. The highest BCUT2D eigenvalue weighted by Gasteiger charge is 2.22. The van der Waals surface area contributed by atoms with Crippen LogP contribution >= 0.6 is 11.6 Å². The number of hydrogen-bond donors (Lipinski definition) is 1. The summed E-state index contributed by atoms with van der Waals surface area (Å²) in [6, 6.07) is 16.1. The summed E-state index contributed by atoms with van der Waals surface area (Å²) in [6.07, 6.45) is 0.932. The van der Waals surface area contributed by atoms with E-state index in [4.69, 9.17) is 16.9 Å². The molecular formula is C15H11ClN2. The second kappa shape index (κ2) is 4.36. The molecule has 0 spiro atoms. The zero-order chi connectivity index (χ0) is 12.5. The molecule has 1 heterocycles. The molecule has 3 heteroatoms. The van der Waals surface area contributed by atoms with E-state index in [-0.39, 0.29) is 6.04 Å². The van der Waals surface area contributed by atoms with Crippen molar-refractivity contribution in [2.24, 2.45) is 0 Å². The van der Waals surface area contributed by atoms with Gasteiger partial charge in [-0.1, -0.05) is 29.8 Å². The highest BCUT2D eigenvalue weighted by molar-refractivity contribution is 6.30. The summed E-state index contributed by atoms with van der Waals surface area (Å²) in [5.41, 5.74) is 4.17. The molecule has 0 amide bonds. The van der Waals surface area contributed by atoms with Gasteiger partial charge in [-0.05, 0) is 41.8 Å². The smallest absolute Gasteiger partial charge is 0.0992 e. The molecule has 0 bridgehead atoms. The van der Waals surface area contributed by atoms with Gasteiger partial charge in [-0.2, -0.15) is 5.26 Å². The van der Waals surface area contributed by atoms with Crippen molar-refractivity contribution in [1.29, 1.82) is 5.26 Å². The highest BCUT2D eigenvalue weighted by atomic mass is 35.5. The molecule has 1 aliphatic rings.